The average molecular weight is 203 g/mol. The molecule has 0 aromatic heterocycles. The highest BCUT2D eigenvalue weighted by Gasteiger charge is 2.21. The molecule has 0 bridgehead atoms. The standard InChI is InChI=1S/C6H14N2O.2ClH/c7-6-2-1-5(3-6)4-9-8;;/h5-6H,1-4,7-8H2;2*1H/t5-,6+;;/m0../s1. The first-order valence-electron chi connectivity index (χ1n) is 3.40. The monoisotopic (exact) mass is 202 g/mol. The van der Waals surface area contributed by atoms with Crippen molar-refractivity contribution in [3.8, 4) is 0 Å². The summed E-state index contributed by atoms with van der Waals surface area (Å²) in [5.74, 6) is 5.53. The molecule has 70 valence electrons. The topological polar surface area (TPSA) is 61.3 Å². The fraction of sp³-hybridized carbons (Fsp3) is 1.00. The van der Waals surface area contributed by atoms with Crippen LogP contribution >= 0.6 is 24.8 Å². The first-order chi connectivity index (χ1) is 4.33. The van der Waals surface area contributed by atoms with Gasteiger partial charge >= 0.3 is 0 Å². The van der Waals surface area contributed by atoms with E-state index in [9.17, 15) is 0 Å². The third-order valence-electron chi connectivity index (χ3n) is 1.91. The lowest BCUT2D eigenvalue weighted by Gasteiger charge is -2.05. The number of hydrogen-bond donors (Lipinski definition) is 2. The summed E-state index contributed by atoms with van der Waals surface area (Å²) >= 11 is 0. The van der Waals surface area contributed by atoms with Crippen molar-refractivity contribution in [2.75, 3.05) is 6.61 Å². The molecule has 1 aliphatic rings. The Labute approximate surface area is 79.6 Å². The second-order valence-corrected chi connectivity index (χ2v) is 2.77. The molecule has 0 unspecified atom stereocenters. The van der Waals surface area contributed by atoms with Crippen LogP contribution in [-0.2, 0) is 4.84 Å². The Morgan fingerprint density at radius 1 is 1.27 bits per heavy atom. The molecule has 1 fully saturated rings. The molecule has 5 heteroatoms. The van der Waals surface area contributed by atoms with Crippen molar-refractivity contribution >= 4 is 24.8 Å². The van der Waals surface area contributed by atoms with Crippen LogP contribution in [0.5, 0.6) is 0 Å². The average Bonchev–Trinajstić information content (AvgIpc) is 2.17. The van der Waals surface area contributed by atoms with Crippen molar-refractivity contribution in [3.63, 3.8) is 0 Å². The Morgan fingerprint density at radius 2 is 1.91 bits per heavy atom. The van der Waals surface area contributed by atoms with E-state index in [-0.39, 0.29) is 24.8 Å². The largest absolute Gasteiger partial charge is 0.328 e. The molecule has 1 aliphatic carbocycles. The van der Waals surface area contributed by atoms with Gasteiger partial charge in [0.05, 0.1) is 6.61 Å². The van der Waals surface area contributed by atoms with E-state index in [0.29, 0.717) is 18.6 Å². The van der Waals surface area contributed by atoms with Gasteiger partial charge in [0, 0.05) is 6.04 Å². The van der Waals surface area contributed by atoms with Crippen molar-refractivity contribution < 1.29 is 4.84 Å². The molecule has 1 saturated carbocycles. The third kappa shape index (κ3) is 4.82. The highest BCUT2D eigenvalue weighted by atomic mass is 35.5. The Kier molecular flexibility index (Phi) is 9.08. The molecule has 0 aliphatic heterocycles. The summed E-state index contributed by atoms with van der Waals surface area (Å²) in [4.78, 5) is 4.52. The van der Waals surface area contributed by atoms with Crippen molar-refractivity contribution in [1.82, 2.24) is 0 Å². The molecule has 3 nitrogen and oxygen atoms in total. The Bertz CT molecular complexity index is 92.7. The zero-order valence-electron chi connectivity index (χ0n) is 6.36. The Balaban J connectivity index is 0. The lowest BCUT2D eigenvalue weighted by atomic mass is 10.1. The maximum absolute atomic E-state index is 5.66. The minimum absolute atomic E-state index is 0. The number of hydrogen-bond acceptors (Lipinski definition) is 3. The maximum Gasteiger partial charge on any atom is 0.0708 e. The van der Waals surface area contributed by atoms with Gasteiger partial charge in [0.1, 0.15) is 0 Å². The van der Waals surface area contributed by atoms with Gasteiger partial charge in [-0.1, -0.05) is 0 Å². The van der Waals surface area contributed by atoms with Crippen LogP contribution in [0.2, 0.25) is 0 Å². The van der Waals surface area contributed by atoms with Crippen LogP contribution in [0.1, 0.15) is 19.3 Å². The van der Waals surface area contributed by atoms with E-state index >= 15 is 0 Å². The van der Waals surface area contributed by atoms with Gasteiger partial charge in [-0.3, -0.25) is 0 Å². The van der Waals surface area contributed by atoms with Crippen LogP contribution in [0.25, 0.3) is 0 Å². The zero-order chi connectivity index (χ0) is 6.69. The fourth-order valence-corrected chi connectivity index (χ4v) is 1.40. The van der Waals surface area contributed by atoms with Gasteiger partial charge in [-0.05, 0) is 25.2 Å². The van der Waals surface area contributed by atoms with E-state index in [1.807, 2.05) is 0 Å². The summed E-state index contributed by atoms with van der Waals surface area (Å²) in [6, 6.07) is 0.394. The van der Waals surface area contributed by atoms with Gasteiger partial charge in [-0.15, -0.1) is 24.8 Å². The smallest absolute Gasteiger partial charge is 0.0708 e. The second kappa shape index (κ2) is 7.13. The molecular formula is C6H16Cl2N2O. The highest BCUT2D eigenvalue weighted by molar-refractivity contribution is 5.85. The van der Waals surface area contributed by atoms with Crippen molar-refractivity contribution in [1.29, 1.82) is 0 Å². The van der Waals surface area contributed by atoms with Crippen molar-refractivity contribution in [3.05, 3.63) is 0 Å². The summed E-state index contributed by atoms with van der Waals surface area (Å²) in [7, 11) is 0. The van der Waals surface area contributed by atoms with E-state index in [1.165, 1.54) is 6.42 Å². The van der Waals surface area contributed by atoms with Crippen molar-refractivity contribution in [2.24, 2.45) is 17.5 Å². The van der Waals surface area contributed by atoms with Gasteiger partial charge in [-0.2, -0.15) is 0 Å². The van der Waals surface area contributed by atoms with Crippen LogP contribution in [0.3, 0.4) is 0 Å². The molecule has 0 aromatic rings. The zero-order valence-corrected chi connectivity index (χ0v) is 8.00. The van der Waals surface area contributed by atoms with E-state index in [0.717, 1.165) is 12.8 Å². The molecular weight excluding hydrogens is 187 g/mol. The highest BCUT2D eigenvalue weighted by Crippen LogP contribution is 2.23. The molecule has 0 amide bonds. The number of nitrogens with two attached hydrogens (primary N) is 2. The van der Waals surface area contributed by atoms with Gasteiger partial charge in [-0.25, -0.2) is 5.90 Å². The fourth-order valence-electron chi connectivity index (χ4n) is 1.40. The van der Waals surface area contributed by atoms with Gasteiger partial charge in [0.2, 0.25) is 0 Å². The molecule has 4 N–H and O–H groups in total. The lowest BCUT2D eigenvalue weighted by molar-refractivity contribution is 0.103. The van der Waals surface area contributed by atoms with Gasteiger partial charge in [0.15, 0.2) is 0 Å². The normalized spacial score (nSPS) is 28.9. The van der Waals surface area contributed by atoms with Crippen LogP contribution in [-0.4, -0.2) is 12.6 Å². The lowest BCUT2D eigenvalue weighted by Crippen LogP contribution is -2.17. The van der Waals surface area contributed by atoms with Gasteiger partial charge < -0.3 is 10.6 Å². The van der Waals surface area contributed by atoms with Crippen LogP contribution < -0.4 is 11.6 Å². The summed E-state index contributed by atoms with van der Waals surface area (Å²) in [5, 5.41) is 0. The van der Waals surface area contributed by atoms with E-state index in [4.69, 9.17) is 11.6 Å². The summed E-state index contributed by atoms with van der Waals surface area (Å²) in [6.07, 6.45) is 3.39. The predicted molar refractivity (Wildman–Crippen MR) is 50.0 cm³/mol. The molecule has 1 rings (SSSR count). The maximum atomic E-state index is 5.66. The molecule has 0 saturated heterocycles. The minimum atomic E-state index is 0. The number of halogens is 2. The van der Waals surface area contributed by atoms with E-state index in [1.54, 1.807) is 0 Å². The van der Waals surface area contributed by atoms with E-state index in [2.05, 4.69) is 4.84 Å². The first-order valence-corrected chi connectivity index (χ1v) is 3.40. The SMILES string of the molecule is Cl.Cl.NOC[C@H]1CC[C@@H](N)C1. The second-order valence-electron chi connectivity index (χ2n) is 2.77. The van der Waals surface area contributed by atoms with E-state index < -0.39 is 0 Å². The summed E-state index contributed by atoms with van der Waals surface area (Å²) in [5.41, 5.74) is 5.66. The molecule has 0 aromatic carbocycles. The molecule has 2 atom stereocenters. The summed E-state index contributed by atoms with van der Waals surface area (Å²) < 4.78 is 0. The van der Waals surface area contributed by atoms with Crippen LogP contribution in [0, 0.1) is 5.92 Å². The number of rotatable bonds is 2. The quantitative estimate of drug-likeness (QED) is 0.654. The van der Waals surface area contributed by atoms with Crippen LogP contribution in [0.15, 0.2) is 0 Å². The van der Waals surface area contributed by atoms with Crippen molar-refractivity contribution in [2.45, 2.75) is 25.3 Å². The summed E-state index contributed by atoms with van der Waals surface area (Å²) in [6.45, 7) is 0.674. The first kappa shape index (κ1) is 14.0. The molecule has 0 heterocycles. The third-order valence-corrected chi connectivity index (χ3v) is 1.91. The molecule has 0 radical (unpaired) electrons. The predicted octanol–water partition coefficient (Wildman–Crippen LogP) is 0.848. The molecule has 11 heavy (non-hydrogen) atoms. The van der Waals surface area contributed by atoms with Gasteiger partial charge in [0.25, 0.3) is 0 Å². The van der Waals surface area contributed by atoms with Crippen LogP contribution in [0.4, 0.5) is 0 Å². The Morgan fingerprint density at radius 3 is 2.27 bits per heavy atom. The molecule has 0 spiro atoms. The Hall–Kier alpha value is 0.460. The minimum Gasteiger partial charge on any atom is -0.328 e.